The number of halogens is 3. The lowest BCUT2D eigenvalue weighted by molar-refractivity contribution is -0.138. The van der Waals surface area contributed by atoms with E-state index in [1.54, 1.807) is 11.5 Å². The summed E-state index contributed by atoms with van der Waals surface area (Å²) in [7, 11) is 0. The van der Waals surface area contributed by atoms with Gasteiger partial charge in [-0.3, -0.25) is 9.36 Å². The molecule has 0 radical (unpaired) electrons. The molecule has 0 saturated heterocycles. The van der Waals surface area contributed by atoms with Crippen LogP contribution in [0.25, 0.3) is 11.8 Å². The van der Waals surface area contributed by atoms with E-state index in [-0.39, 0.29) is 12.2 Å². The molecule has 0 bridgehead atoms. The van der Waals surface area contributed by atoms with Crippen molar-refractivity contribution in [2.45, 2.75) is 19.6 Å². The summed E-state index contributed by atoms with van der Waals surface area (Å²) in [5.74, 6) is 0.305. The lowest BCUT2D eigenvalue weighted by Crippen LogP contribution is -2.40. The molecule has 2 heterocycles. The maximum atomic E-state index is 14.2. The van der Waals surface area contributed by atoms with Crippen molar-refractivity contribution in [3.05, 3.63) is 156 Å². The van der Waals surface area contributed by atoms with Crippen molar-refractivity contribution in [3.8, 4) is 5.75 Å². The van der Waals surface area contributed by atoms with Gasteiger partial charge in [-0.05, 0) is 99.1 Å². The molecule has 0 saturated carbocycles. The largest absolute Gasteiger partial charge is 0.487 e. The molecular formula is C35H25BrI2N2O4S. The highest BCUT2D eigenvalue weighted by atomic mass is 127. The Balaban J connectivity index is 1.46. The van der Waals surface area contributed by atoms with E-state index in [1.807, 2.05) is 103 Å². The first-order valence-corrected chi connectivity index (χ1v) is 17.8. The number of hydrogen-bond acceptors (Lipinski definition) is 6. The van der Waals surface area contributed by atoms with Crippen LogP contribution in [-0.4, -0.2) is 17.1 Å². The van der Waals surface area contributed by atoms with Gasteiger partial charge in [0.25, 0.3) is 5.56 Å². The molecule has 0 fully saturated rings. The molecule has 45 heavy (non-hydrogen) atoms. The summed E-state index contributed by atoms with van der Waals surface area (Å²) in [5.41, 5.74) is 4.14. The lowest BCUT2D eigenvalue weighted by atomic mass is 9.93. The number of fused-ring (bicyclic) bond motifs is 1. The first-order valence-electron chi connectivity index (χ1n) is 14.0. The third-order valence-electron chi connectivity index (χ3n) is 7.10. The van der Waals surface area contributed by atoms with E-state index < -0.39 is 12.0 Å². The number of carbonyl (C=O) groups is 1. The van der Waals surface area contributed by atoms with Gasteiger partial charge in [0.05, 0.1) is 35.6 Å². The van der Waals surface area contributed by atoms with Gasteiger partial charge in [0, 0.05) is 10.0 Å². The minimum atomic E-state index is -0.700. The predicted octanol–water partition coefficient (Wildman–Crippen LogP) is 7.49. The van der Waals surface area contributed by atoms with Gasteiger partial charge in [-0.2, -0.15) is 0 Å². The summed E-state index contributed by atoms with van der Waals surface area (Å²) in [4.78, 5) is 33.2. The molecule has 0 amide bonds. The smallest absolute Gasteiger partial charge is 0.338 e. The van der Waals surface area contributed by atoms with Crippen LogP contribution < -0.4 is 19.6 Å². The maximum Gasteiger partial charge on any atom is 0.338 e. The van der Waals surface area contributed by atoms with Crippen molar-refractivity contribution in [1.29, 1.82) is 0 Å². The quantitative estimate of drug-likeness (QED) is 0.120. The van der Waals surface area contributed by atoms with Crippen LogP contribution in [0.3, 0.4) is 0 Å². The van der Waals surface area contributed by atoms with Gasteiger partial charge in [-0.1, -0.05) is 100 Å². The molecule has 10 heteroatoms. The molecule has 5 aromatic rings. The normalized spacial score (nSPS) is 14.6. The Morgan fingerprint density at radius 3 is 2.27 bits per heavy atom. The van der Waals surface area contributed by atoms with Crippen LogP contribution in [0.5, 0.6) is 5.75 Å². The molecule has 4 aromatic carbocycles. The molecule has 6 nitrogen and oxygen atoms in total. The summed E-state index contributed by atoms with van der Waals surface area (Å²) in [6, 6.07) is 30.5. The molecule has 226 valence electrons. The van der Waals surface area contributed by atoms with Crippen LogP contribution in [0.2, 0.25) is 0 Å². The monoisotopic (exact) mass is 902 g/mol. The first-order chi connectivity index (χ1) is 21.8. The van der Waals surface area contributed by atoms with Gasteiger partial charge in [0.15, 0.2) is 4.80 Å². The lowest BCUT2D eigenvalue weighted by Gasteiger charge is -2.25. The minimum Gasteiger partial charge on any atom is -0.487 e. The average Bonchev–Trinajstić information content (AvgIpc) is 3.35. The van der Waals surface area contributed by atoms with Crippen molar-refractivity contribution in [3.63, 3.8) is 0 Å². The second-order valence-corrected chi connectivity index (χ2v) is 14.3. The van der Waals surface area contributed by atoms with Crippen LogP contribution in [0.1, 0.15) is 35.2 Å². The Morgan fingerprint density at radius 2 is 1.62 bits per heavy atom. The molecule has 0 aliphatic carbocycles. The second kappa shape index (κ2) is 14.1. The zero-order chi connectivity index (χ0) is 31.5. The molecule has 1 aliphatic heterocycles. The number of esters is 1. The van der Waals surface area contributed by atoms with Crippen LogP contribution in [-0.2, 0) is 16.1 Å². The van der Waals surface area contributed by atoms with Crippen LogP contribution >= 0.6 is 72.4 Å². The summed E-state index contributed by atoms with van der Waals surface area (Å²) < 4.78 is 16.8. The third-order valence-corrected chi connectivity index (χ3v) is 10.2. The minimum absolute atomic E-state index is 0.205. The van der Waals surface area contributed by atoms with Gasteiger partial charge < -0.3 is 9.47 Å². The number of aromatic nitrogens is 1. The van der Waals surface area contributed by atoms with Crippen LogP contribution in [0.15, 0.2) is 117 Å². The van der Waals surface area contributed by atoms with E-state index in [2.05, 4.69) is 61.1 Å². The fourth-order valence-corrected chi connectivity index (χ4v) is 8.47. The molecule has 0 spiro atoms. The van der Waals surface area contributed by atoms with E-state index in [9.17, 15) is 9.59 Å². The summed E-state index contributed by atoms with van der Waals surface area (Å²) in [6.07, 6.45) is 1.88. The van der Waals surface area contributed by atoms with E-state index in [1.165, 1.54) is 11.3 Å². The molecule has 6 rings (SSSR count). The van der Waals surface area contributed by atoms with Gasteiger partial charge in [-0.15, -0.1) is 0 Å². The molecule has 1 aromatic heterocycles. The Morgan fingerprint density at radius 1 is 0.978 bits per heavy atom. The highest BCUT2D eigenvalue weighted by molar-refractivity contribution is 14.1. The number of benzene rings is 4. The standard InChI is InChI=1S/C35H25BrI2N2O4S/c1-2-43-34(42)29-30(23-9-5-3-6-10-23)39-35-40(31(29)24-11-7-4-8-12-24)33(41)28(45-35)19-22-17-26(37)32(27(38)18-22)44-20-21-13-15-25(36)16-14-21/h3-19,31H,2,20H2,1H3/b28-19-/t31-/m1/s1. The average molecular weight is 903 g/mol. The van der Waals surface area contributed by atoms with Crippen molar-refractivity contribution in [1.82, 2.24) is 4.57 Å². The van der Waals surface area contributed by atoms with Crippen molar-refractivity contribution in [2.75, 3.05) is 6.61 Å². The zero-order valence-corrected chi connectivity index (χ0v) is 30.6. The van der Waals surface area contributed by atoms with Gasteiger partial charge in [0.2, 0.25) is 0 Å². The van der Waals surface area contributed by atoms with E-state index in [0.717, 1.165) is 39.6 Å². The van der Waals surface area contributed by atoms with Gasteiger partial charge in [-0.25, -0.2) is 9.79 Å². The van der Waals surface area contributed by atoms with E-state index >= 15 is 0 Å². The molecule has 1 aliphatic rings. The summed E-state index contributed by atoms with van der Waals surface area (Å²) in [6.45, 7) is 2.42. The fourth-order valence-electron chi connectivity index (χ4n) is 5.08. The van der Waals surface area contributed by atoms with E-state index in [0.29, 0.717) is 27.2 Å². The van der Waals surface area contributed by atoms with Crippen molar-refractivity contribution < 1.29 is 14.3 Å². The number of carbonyl (C=O) groups excluding carboxylic acids is 1. The van der Waals surface area contributed by atoms with E-state index in [4.69, 9.17) is 14.5 Å². The molecule has 0 unspecified atom stereocenters. The fraction of sp³-hybridized carbons (Fsp3) is 0.114. The first kappa shape index (κ1) is 31.9. The number of nitrogens with zero attached hydrogens (tertiary/aromatic N) is 2. The second-order valence-electron chi connectivity index (χ2n) is 10.1. The Hall–Kier alpha value is -3.07. The number of thiazole rings is 1. The summed E-state index contributed by atoms with van der Waals surface area (Å²) in [5, 5.41) is 0. The Kier molecular flexibility index (Phi) is 10.0. The topological polar surface area (TPSA) is 69.9 Å². The highest BCUT2D eigenvalue weighted by Gasteiger charge is 2.35. The van der Waals surface area contributed by atoms with Crippen LogP contribution in [0, 0.1) is 7.14 Å². The number of rotatable bonds is 8. The van der Waals surface area contributed by atoms with Crippen molar-refractivity contribution >= 4 is 90.2 Å². The maximum absolute atomic E-state index is 14.2. The SMILES string of the molecule is CCOC(=O)C1=C(c2ccccc2)N=c2s/c(=C\c3cc(I)c(OCc4ccc(Br)cc4)c(I)c3)c(=O)n2[C@@H]1c1ccccc1. The van der Waals surface area contributed by atoms with Gasteiger partial charge >= 0.3 is 5.97 Å². The zero-order valence-electron chi connectivity index (χ0n) is 23.9. The number of hydrogen-bond donors (Lipinski definition) is 0. The number of ether oxygens (including phenoxy) is 2. The van der Waals surface area contributed by atoms with Crippen molar-refractivity contribution in [2.24, 2.45) is 4.99 Å². The molecule has 0 N–H and O–H groups in total. The van der Waals surface area contributed by atoms with Gasteiger partial charge in [0.1, 0.15) is 12.4 Å². The van der Waals surface area contributed by atoms with Crippen LogP contribution in [0.4, 0.5) is 0 Å². The molecular weight excluding hydrogens is 878 g/mol. The highest BCUT2D eigenvalue weighted by Crippen LogP contribution is 2.35. The molecule has 1 atom stereocenters. The Labute approximate surface area is 299 Å². The predicted molar refractivity (Wildman–Crippen MR) is 198 cm³/mol. The summed E-state index contributed by atoms with van der Waals surface area (Å²) >= 11 is 9.32. The Bertz CT molecular complexity index is 2070. The third kappa shape index (κ3) is 6.88.